The van der Waals surface area contributed by atoms with Crippen LogP contribution < -0.4 is 10.1 Å². The summed E-state index contributed by atoms with van der Waals surface area (Å²) in [5.41, 5.74) is 1.01. The summed E-state index contributed by atoms with van der Waals surface area (Å²) < 4.78 is 10.5. The number of carboxylic acids is 1. The number of hydrogen-bond acceptors (Lipinski definition) is 5. The quantitative estimate of drug-likeness (QED) is 0.516. The molecule has 2 aromatic rings. The zero-order valence-corrected chi connectivity index (χ0v) is 19.1. The highest BCUT2D eigenvalue weighted by molar-refractivity contribution is 5.71. The van der Waals surface area contributed by atoms with Crippen molar-refractivity contribution in [1.82, 2.24) is 5.32 Å². The number of aliphatic carboxylic acids is 1. The van der Waals surface area contributed by atoms with Gasteiger partial charge >= 0.3 is 12.1 Å². The molecule has 0 aromatic heterocycles. The average Bonchev–Trinajstić information content (AvgIpc) is 2.72. The fourth-order valence-corrected chi connectivity index (χ4v) is 3.42. The van der Waals surface area contributed by atoms with Crippen molar-refractivity contribution in [3.8, 4) is 5.75 Å². The minimum Gasteiger partial charge on any atom is -0.497 e. The van der Waals surface area contributed by atoms with E-state index < -0.39 is 35.7 Å². The third-order valence-corrected chi connectivity index (χ3v) is 4.96. The molecular weight excluding hydrogens is 410 g/mol. The molecule has 0 aliphatic heterocycles. The summed E-state index contributed by atoms with van der Waals surface area (Å²) >= 11 is 0. The van der Waals surface area contributed by atoms with Crippen molar-refractivity contribution in [2.45, 2.75) is 57.8 Å². The maximum absolute atomic E-state index is 12.4. The van der Waals surface area contributed by atoms with Crippen molar-refractivity contribution < 1.29 is 29.3 Å². The SMILES string of the molecule is COc1cccc(C[C@H](C[C@H](O)[C@H](Cc2ccccc2)NC(=O)OC(C)(C)C)C(=O)O)c1. The predicted molar refractivity (Wildman–Crippen MR) is 122 cm³/mol. The molecule has 1 amide bonds. The molecular formula is C25H33NO6. The summed E-state index contributed by atoms with van der Waals surface area (Å²) in [4.78, 5) is 24.3. The molecule has 2 rings (SSSR count). The maximum atomic E-state index is 12.4. The van der Waals surface area contributed by atoms with Gasteiger partial charge in [0.25, 0.3) is 0 Å². The van der Waals surface area contributed by atoms with Gasteiger partial charge in [0.15, 0.2) is 0 Å². The fraction of sp³-hybridized carbons (Fsp3) is 0.440. The Balaban J connectivity index is 2.16. The van der Waals surface area contributed by atoms with Gasteiger partial charge in [0.1, 0.15) is 11.4 Å². The first-order chi connectivity index (χ1) is 15.1. The second-order valence-corrected chi connectivity index (χ2v) is 8.84. The first-order valence-corrected chi connectivity index (χ1v) is 10.6. The van der Waals surface area contributed by atoms with E-state index in [-0.39, 0.29) is 12.8 Å². The number of ether oxygens (including phenoxy) is 2. The highest BCUT2D eigenvalue weighted by Crippen LogP contribution is 2.21. The third-order valence-electron chi connectivity index (χ3n) is 4.96. The monoisotopic (exact) mass is 443 g/mol. The number of aliphatic hydroxyl groups excluding tert-OH is 1. The Hall–Kier alpha value is -3.06. The molecule has 0 spiro atoms. The molecule has 0 saturated heterocycles. The number of methoxy groups -OCH3 is 1. The van der Waals surface area contributed by atoms with E-state index in [0.717, 1.165) is 11.1 Å². The van der Waals surface area contributed by atoms with Crippen LogP contribution >= 0.6 is 0 Å². The van der Waals surface area contributed by atoms with Crippen LogP contribution in [-0.4, -0.2) is 47.1 Å². The van der Waals surface area contributed by atoms with Gasteiger partial charge in [-0.15, -0.1) is 0 Å². The Morgan fingerprint density at radius 3 is 2.25 bits per heavy atom. The fourth-order valence-electron chi connectivity index (χ4n) is 3.42. The van der Waals surface area contributed by atoms with Gasteiger partial charge in [-0.25, -0.2) is 4.79 Å². The van der Waals surface area contributed by atoms with Crippen molar-refractivity contribution >= 4 is 12.1 Å². The van der Waals surface area contributed by atoms with Crippen molar-refractivity contribution in [1.29, 1.82) is 0 Å². The summed E-state index contributed by atoms with van der Waals surface area (Å²) in [5, 5.41) is 23.4. The zero-order valence-electron chi connectivity index (χ0n) is 19.1. The minimum absolute atomic E-state index is 0.0279. The molecule has 0 aliphatic rings. The van der Waals surface area contributed by atoms with E-state index in [1.165, 1.54) is 0 Å². The Morgan fingerprint density at radius 2 is 1.66 bits per heavy atom. The predicted octanol–water partition coefficient (Wildman–Crippen LogP) is 3.83. The number of carbonyl (C=O) groups excluding carboxylic acids is 1. The van der Waals surface area contributed by atoms with Crippen LogP contribution in [0.15, 0.2) is 54.6 Å². The van der Waals surface area contributed by atoms with Crippen molar-refractivity contribution in [2.24, 2.45) is 5.92 Å². The molecule has 0 aliphatic carbocycles. The lowest BCUT2D eigenvalue weighted by Crippen LogP contribution is -2.47. The summed E-state index contributed by atoms with van der Waals surface area (Å²) in [5.74, 6) is -1.21. The molecule has 7 nitrogen and oxygen atoms in total. The number of nitrogens with one attached hydrogen (secondary N) is 1. The lowest BCUT2D eigenvalue weighted by Gasteiger charge is -2.28. The van der Waals surface area contributed by atoms with Gasteiger partial charge in [-0.2, -0.15) is 0 Å². The summed E-state index contributed by atoms with van der Waals surface area (Å²) in [6, 6.07) is 15.9. The first-order valence-electron chi connectivity index (χ1n) is 10.6. The lowest BCUT2D eigenvalue weighted by atomic mass is 9.89. The van der Waals surface area contributed by atoms with Gasteiger partial charge < -0.3 is 25.0 Å². The Kier molecular flexibility index (Phi) is 9.08. The van der Waals surface area contributed by atoms with E-state index in [0.29, 0.717) is 12.2 Å². The smallest absolute Gasteiger partial charge is 0.407 e. The molecule has 0 bridgehead atoms. The third kappa shape index (κ3) is 8.59. The van der Waals surface area contributed by atoms with Crippen LogP contribution in [0, 0.1) is 5.92 Å². The van der Waals surface area contributed by atoms with Crippen molar-refractivity contribution in [3.05, 3.63) is 65.7 Å². The highest BCUT2D eigenvalue weighted by Gasteiger charge is 2.30. The van der Waals surface area contributed by atoms with Gasteiger partial charge in [0, 0.05) is 0 Å². The van der Waals surface area contributed by atoms with E-state index in [2.05, 4.69) is 5.32 Å². The molecule has 0 saturated carbocycles. The highest BCUT2D eigenvalue weighted by atomic mass is 16.6. The number of hydrogen-bond donors (Lipinski definition) is 3. The molecule has 0 unspecified atom stereocenters. The minimum atomic E-state index is -1.09. The van der Waals surface area contributed by atoms with Crippen molar-refractivity contribution in [2.75, 3.05) is 7.11 Å². The number of benzene rings is 2. The van der Waals surface area contributed by atoms with Crippen LogP contribution in [0.25, 0.3) is 0 Å². The molecule has 0 radical (unpaired) electrons. The standard InChI is InChI=1S/C25H33NO6/c1-25(2,3)32-24(30)26-21(15-17-9-6-5-7-10-17)22(27)16-19(23(28)29)13-18-11-8-12-20(14-18)31-4/h5-12,14,19,21-22,27H,13,15-16H2,1-4H3,(H,26,30)(H,28,29)/t19-,21+,22+/m1/s1. The van der Waals surface area contributed by atoms with Gasteiger partial charge in [0.2, 0.25) is 0 Å². The number of carboxylic acid groups (broad SMARTS) is 1. The number of alkyl carbamates (subject to hydrolysis) is 1. The summed E-state index contributed by atoms with van der Waals surface area (Å²) in [6.07, 6.45) is -1.20. The summed E-state index contributed by atoms with van der Waals surface area (Å²) in [6.45, 7) is 5.26. The lowest BCUT2D eigenvalue weighted by molar-refractivity contribution is -0.143. The molecule has 7 heteroatoms. The van der Waals surface area contributed by atoms with Crippen LogP contribution in [0.1, 0.15) is 38.3 Å². The van der Waals surface area contributed by atoms with Crippen molar-refractivity contribution in [3.63, 3.8) is 0 Å². The van der Waals surface area contributed by atoms with Crippen LogP contribution in [-0.2, 0) is 22.4 Å². The molecule has 0 fully saturated rings. The average molecular weight is 444 g/mol. The normalized spacial score (nSPS) is 14.2. The number of amides is 1. The van der Waals surface area contributed by atoms with Gasteiger partial charge in [0.05, 0.1) is 25.2 Å². The number of carbonyl (C=O) groups is 2. The van der Waals surface area contributed by atoms with E-state index in [9.17, 15) is 19.8 Å². The molecule has 2 aromatic carbocycles. The van der Waals surface area contributed by atoms with E-state index in [1.54, 1.807) is 46.1 Å². The Bertz CT molecular complexity index is 878. The topological polar surface area (TPSA) is 105 Å². The molecule has 3 atom stereocenters. The van der Waals surface area contributed by atoms with Crippen LogP contribution in [0.3, 0.4) is 0 Å². The van der Waals surface area contributed by atoms with Gasteiger partial charge in [-0.3, -0.25) is 4.79 Å². The second-order valence-electron chi connectivity index (χ2n) is 8.84. The Morgan fingerprint density at radius 1 is 1.00 bits per heavy atom. The largest absolute Gasteiger partial charge is 0.497 e. The summed E-state index contributed by atoms with van der Waals surface area (Å²) in [7, 11) is 1.55. The van der Waals surface area contributed by atoms with Gasteiger partial charge in [-0.1, -0.05) is 42.5 Å². The van der Waals surface area contributed by atoms with Crippen LogP contribution in [0.5, 0.6) is 5.75 Å². The molecule has 0 heterocycles. The van der Waals surface area contributed by atoms with E-state index >= 15 is 0 Å². The zero-order chi connectivity index (χ0) is 23.7. The molecule has 174 valence electrons. The number of aliphatic hydroxyl groups is 1. The van der Waals surface area contributed by atoms with E-state index in [4.69, 9.17) is 9.47 Å². The maximum Gasteiger partial charge on any atom is 0.407 e. The van der Waals surface area contributed by atoms with E-state index in [1.807, 2.05) is 36.4 Å². The van der Waals surface area contributed by atoms with Crippen LogP contribution in [0.4, 0.5) is 4.79 Å². The molecule has 32 heavy (non-hydrogen) atoms. The van der Waals surface area contributed by atoms with Gasteiger partial charge in [-0.05, 0) is 63.3 Å². The first kappa shape index (κ1) is 25.2. The Labute approximate surface area is 189 Å². The molecule has 3 N–H and O–H groups in total. The second kappa shape index (κ2) is 11.5. The van der Waals surface area contributed by atoms with Crippen LogP contribution in [0.2, 0.25) is 0 Å². The number of rotatable bonds is 10.